The second-order valence-electron chi connectivity index (χ2n) is 7.75. The van der Waals surface area contributed by atoms with Gasteiger partial charge in [0.15, 0.2) is 11.5 Å². The van der Waals surface area contributed by atoms with Gasteiger partial charge in [0.25, 0.3) is 5.91 Å². The molecule has 1 aliphatic rings. The van der Waals surface area contributed by atoms with Crippen LogP contribution in [0.3, 0.4) is 0 Å². The number of carbonyl (C=O) groups excluding carboxylic acids is 2. The summed E-state index contributed by atoms with van der Waals surface area (Å²) in [5, 5.41) is 2.91. The number of nitrogens with one attached hydrogen (secondary N) is 1. The number of aryl methyl sites for hydroxylation is 2. The molecule has 0 radical (unpaired) electrons. The molecule has 0 aliphatic carbocycles. The molecule has 0 unspecified atom stereocenters. The van der Waals surface area contributed by atoms with Crippen LogP contribution in [0.5, 0.6) is 11.5 Å². The molecule has 4 rings (SSSR count). The van der Waals surface area contributed by atoms with Crippen molar-refractivity contribution in [2.75, 3.05) is 13.3 Å². The Morgan fingerprint density at radius 1 is 0.969 bits per heavy atom. The highest BCUT2D eigenvalue weighted by atomic mass is 16.7. The van der Waals surface area contributed by atoms with Crippen LogP contribution < -0.4 is 14.8 Å². The summed E-state index contributed by atoms with van der Waals surface area (Å²) in [6.45, 7) is 4.89. The molecule has 1 N–H and O–H groups in total. The molecule has 0 fully saturated rings. The third kappa shape index (κ3) is 5.11. The molecule has 0 atom stereocenters. The van der Waals surface area contributed by atoms with Crippen molar-refractivity contribution in [1.29, 1.82) is 0 Å². The second kappa shape index (κ2) is 9.60. The number of fused-ring (bicyclic) bond motifs is 1. The summed E-state index contributed by atoms with van der Waals surface area (Å²) < 4.78 is 16.2. The van der Waals surface area contributed by atoms with E-state index in [0.29, 0.717) is 48.2 Å². The van der Waals surface area contributed by atoms with Gasteiger partial charge in [-0.15, -0.1) is 0 Å². The zero-order valence-corrected chi connectivity index (χ0v) is 18.2. The highest BCUT2D eigenvalue weighted by Gasteiger charge is 2.21. The van der Waals surface area contributed by atoms with E-state index in [9.17, 15) is 9.59 Å². The first-order valence-corrected chi connectivity index (χ1v) is 10.5. The van der Waals surface area contributed by atoms with Gasteiger partial charge >= 0.3 is 0 Å². The molecule has 1 aromatic heterocycles. The number of hydrogen-bond acceptors (Lipinski definition) is 5. The van der Waals surface area contributed by atoms with Crippen LogP contribution in [-0.2, 0) is 17.9 Å². The number of benzene rings is 2. The van der Waals surface area contributed by atoms with Gasteiger partial charge in [0.1, 0.15) is 11.5 Å². The lowest BCUT2D eigenvalue weighted by molar-refractivity contribution is -0.121. The molecule has 2 heterocycles. The molecule has 2 amide bonds. The first-order chi connectivity index (χ1) is 15.5. The summed E-state index contributed by atoms with van der Waals surface area (Å²) >= 11 is 0. The molecular weight excluding hydrogens is 408 g/mol. The zero-order chi connectivity index (χ0) is 22.5. The van der Waals surface area contributed by atoms with E-state index in [-0.39, 0.29) is 25.0 Å². The van der Waals surface area contributed by atoms with E-state index in [1.54, 1.807) is 17.9 Å². The van der Waals surface area contributed by atoms with Gasteiger partial charge in [0, 0.05) is 26.1 Å². The molecule has 32 heavy (non-hydrogen) atoms. The van der Waals surface area contributed by atoms with Gasteiger partial charge in [-0.25, -0.2) is 0 Å². The minimum Gasteiger partial charge on any atom is -0.466 e. The summed E-state index contributed by atoms with van der Waals surface area (Å²) in [5.41, 5.74) is 2.45. The van der Waals surface area contributed by atoms with Gasteiger partial charge in [-0.1, -0.05) is 36.4 Å². The molecule has 7 nitrogen and oxygen atoms in total. The SMILES string of the molecule is Cc1cc(C(=O)N(CCC(=O)NCc2ccc3c(c2)OCO3)Cc2ccccc2)c(C)o1. The van der Waals surface area contributed by atoms with Crippen LogP contribution in [0, 0.1) is 13.8 Å². The predicted octanol–water partition coefficient (Wildman–Crippen LogP) is 3.97. The summed E-state index contributed by atoms with van der Waals surface area (Å²) in [5.74, 6) is 2.38. The average molecular weight is 434 g/mol. The fourth-order valence-electron chi connectivity index (χ4n) is 3.65. The Hall–Kier alpha value is -3.74. The minimum atomic E-state index is -0.147. The Bertz CT molecular complexity index is 1110. The van der Waals surface area contributed by atoms with Gasteiger partial charge in [0.2, 0.25) is 12.7 Å². The van der Waals surface area contributed by atoms with Crippen LogP contribution in [0.2, 0.25) is 0 Å². The number of nitrogens with zero attached hydrogens (tertiary/aromatic N) is 1. The van der Waals surface area contributed by atoms with Gasteiger partial charge in [0.05, 0.1) is 5.56 Å². The molecule has 2 aromatic carbocycles. The Morgan fingerprint density at radius 3 is 2.50 bits per heavy atom. The van der Waals surface area contributed by atoms with Crippen molar-refractivity contribution in [3.63, 3.8) is 0 Å². The summed E-state index contributed by atoms with van der Waals surface area (Å²) in [7, 11) is 0. The van der Waals surface area contributed by atoms with Gasteiger partial charge < -0.3 is 24.1 Å². The number of amides is 2. The first-order valence-electron chi connectivity index (χ1n) is 10.5. The van der Waals surface area contributed by atoms with Crippen molar-refractivity contribution in [3.05, 3.63) is 82.8 Å². The first kappa shape index (κ1) is 21.5. The van der Waals surface area contributed by atoms with Crippen molar-refractivity contribution in [3.8, 4) is 11.5 Å². The quantitative estimate of drug-likeness (QED) is 0.580. The fourth-order valence-corrected chi connectivity index (χ4v) is 3.65. The molecular formula is C25H26N2O5. The monoisotopic (exact) mass is 434 g/mol. The summed E-state index contributed by atoms with van der Waals surface area (Å²) in [6.07, 6.45) is 0.193. The predicted molar refractivity (Wildman–Crippen MR) is 118 cm³/mol. The molecule has 3 aromatic rings. The molecule has 0 bridgehead atoms. The second-order valence-corrected chi connectivity index (χ2v) is 7.75. The van der Waals surface area contributed by atoms with Crippen molar-refractivity contribution in [2.45, 2.75) is 33.4 Å². The van der Waals surface area contributed by atoms with E-state index < -0.39 is 0 Å². The van der Waals surface area contributed by atoms with Gasteiger partial charge in [-0.05, 0) is 43.2 Å². The number of furan rings is 1. The van der Waals surface area contributed by atoms with E-state index in [1.807, 2.05) is 55.5 Å². The zero-order valence-electron chi connectivity index (χ0n) is 18.2. The number of ether oxygens (including phenoxy) is 2. The van der Waals surface area contributed by atoms with Gasteiger partial charge in [-0.3, -0.25) is 9.59 Å². The smallest absolute Gasteiger partial charge is 0.257 e. The third-order valence-electron chi connectivity index (χ3n) is 5.31. The minimum absolute atomic E-state index is 0.131. The van der Waals surface area contributed by atoms with Crippen molar-refractivity contribution >= 4 is 11.8 Å². The fraction of sp³-hybridized carbons (Fsp3) is 0.280. The summed E-state index contributed by atoms with van der Waals surface area (Å²) in [4.78, 5) is 27.4. The van der Waals surface area contributed by atoms with E-state index in [1.165, 1.54) is 0 Å². The Kier molecular flexibility index (Phi) is 6.44. The molecule has 166 valence electrons. The van der Waals surface area contributed by atoms with Gasteiger partial charge in [-0.2, -0.15) is 0 Å². The number of carbonyl (C=O) groups is 2. The lowest BCUT2D eigenvalue weighted by Crippen LogP contribution is -2.35. The van der Waals surface area contributed by atoms with E-state index >= 15 is 0 Å². The Labute approximate surface area is 186 Å². The highest BCUT2D eigenvalue weighted by molar-refractivity contribution is 5.95. The summed E-state index contributed by atoms with van der Waals surface area (Å²) in [6, 6.07) is 17.1. The van der Waals surface area contributed by atoms with E-state index in [4.69, 9.17) is 13.9 Å². The van der Waals surface area contributed by atoms with Crippen molar-refractivity contribution < 1.29 is 23.5 Å². The standard InChI is InChI=1S/C25H26N2O5/c1-17-12-21(18(2)32-17)25(29)27(15-19-6-4-3-5-7-19)11-10-24(28)26-14-20-8-9-22-23(13-20)31-16-30-22/h3-9,12-13H,10-11,14-16H2,1-2H3,(H,26,28). The van der Waals surface area contributed by atoms with Crippen LogP contribution in [0.25, 0.3) is 0 Å². The topological polar surface area (TPSA) is 81.0 Å². The molecule has 7 heteroatoms. The van der Waals surface area contributed by atoms with Crippen LogP contribution >= 0.6 is 0 Å². The molecule has 0 spiro atoms. The largest absolute Gasteiger partial charge is 0.466 e. The Morgan fingerprint density at radius 2 is 1.75 bits per heavy atom. The van der Waals surface area contributed by atoms with E-state index in [0.717, 1.165) is 11.1 Å². The van der Waals surface area contributed by atoms with Crippen molar-refractivity contribution in [2.24, 2.45) is 0 Å². The van der Waals surface area contributed by atoms with Crippen LogP contribution in [0.15, 0.2) is 59.0 Å². The molecule has 0 saturated carbocycles. The van der Waals surface area contributed by atoms with Crippen LogP contribution in [0.4, 0.5) is 0 Å². The average Bonchev–Trinajstić information content (AvgIpc) is 3.40. The van der Waals surface area contributed by atoms with Crippen LogP contribution in [-0.4, -0.2) is 30.1 Å². The molecule has 1 aliphatic heterocycles. The van der Waals surface area contributed by atoms with E-state index in [2.05, 4.69) is 5.32 Å². The van der Waals surface area contributed by atoms with Crippen LogP contribution in [0.1, 0.15) is 39.4 Å². The lowest BCUT2D eigenvalue weighted by Gasteiger charge is -2.22. The van der Waals surface area contributed by atoms with Crippen molar-refractivity contribution in [1.82, 2.24) is 10.2 Å². The third-order valence-corrected chi connectivity index (χ3v) is 5.31. The Balaban J connectivity index is 1.38. The maximum Gasteiger partial charge on any atom is 0.257 e. The highest BCUT2D eigenvalue weighted by Crippen LogP contribution is 2.32. The molecule has 0 saturated heterocycles. The number of rotatable bonds is 8. The maximum atomic E-state index is 13.2. The lowest BCUT2D eigenvalue weighted by atomic mass is 10.1. The maximum absolute atomic E-state index is 13.2. The number of hydrogen-bond donors (Lipinski definition) is 1. The normalized spacial score (nSPS) is 11.9.